The van der Waals surface area contributed by atoms with E-state index in [2.05, 4.69) is 23.5 Å². The number of rotatable bonds is 13. The molecule has 0 unspecified atom stereocenters. The maximum absolute atomic E-state index is 13.8. The van der Waals surface area contributed by atoms with Gasteiger partial charge in [-0.1, -0.05) is 12.2 Å². The fraction of sp³-hybridized carbons (Fsp3) is 0.471. The molecule has 0 radical (unpaired) electrons. The van der Waals surface area contributed by atoms with E-state index in [-0.39, 0.29) is 29.4 Å². The average Bonchev–Trinajstić information content (AvgIpc) is 3.35. The monoisotopic (exact) mass is 602 g/mol. The van der Waals surface area contributed by atoms with Gasteiger partial charge in [0.15, 0.2) is 0 Å². The van der Waals surface area contributed by atoms with Crippen LogP contribution in [0.5, 0.6) is 11.5 Å². The standard InChI is InChI=1S/C34H42N4O4S/c1-7-9-10-11-15-38(5)33(40)26-18-23(17-25(26)31(39)37-34(4)20-22(34)8-2)42-29-19-27(32-35-14-16-43-32)36-30-21(3)28(41-6)13-12-24(29)30/h7-8,12-14,16,19,22-23,25-26H,1-2,9-11,15,17-18,20H2,3-6H3,(H,37,39)/t22-,23-,25-,26-,34-/m1/s1. The van der Waals surface area contributed by atoms with Crippen molar-refractivity contribution in [3.8, 4) is 22.2 Å². The molecule has 2 aromatic heterocycles. The van der Waals surface area contributed by atoms with Gasteiger partial charge in [0.25, 0.3) is 0 Å². The third-order valence-corrected chi connectivity index (χ3v) is 9.80. The van der Waals surface area contributed by atoms with Crippen LogP contribution in [0.1, 0.15) is 51.0 Å². The van der Waals surface area contributed by atoms with Gasteiger partial charge < -0.3 is 19.7 Å². The van der Waals surface area contributed by atoms with Crippen molar-refractivity contribution in [1.29, 1.82) is 0 Å². The summed E-state index contributed by atoms with van der Waals surface area (Å²) in [5, 5.41) is 6.80. The number of pyridine rings is 1. The summed E-state index contributed by atoms with van der Waals surface area (Å²) in [6.45, 7) is 12.4. The molecule has 5 atom stereocenters. The number of nitrogens with one attached hydrogen (secondary N) is 1. The van der Waals surface area contributed by atoms with E-state index in [0.29, 0.717) is 30.8 Å². The van der Waals surface area contributed by atoms with Crippen molar-refractivity contribution in [2.75, 3.05) is 20.7 Å². The first-order chi connectivity index (χ1) is 20.7. The van der Waals surface area contributed by atoms with Crippen LogP contribution in [0.4, 0.5) is 0 Å². The molecule has 1 N–H and O–H groups in total. The minimum absolute atomic E-state index is 0.00489. The fourth-order valence-electron chi connectivity index (χ4n) is 6.28. The molecule has 2 aliphatic rings. The van der Waals surface area contributed by atoms with E-state index < -0.39 is 11.8 Å². The summed E-state index contributed by atoms with van der Waals surface area (Å²) >= 11 is 1.51. The lowest BCUT2D eigenvalue weighted by Gasteiger charge is -2.25. The molecular formula is C34H42N4O4S. The van der Waals surface area contributed by atoms with Crippen LogP contribution in [0, 0.1) is 24.7 Å². The number of fused-ring (bicyclic) bond motifs is 1. The molecule has 0 saturated heterocycles. The van der Waals surface area contributed by atoms with Crippen LogP contribution < -0.4 is 14.8 Å². The second kappa shape index (κ2) is 12.9. The third-order valence-electron chi connectivity index (χ3n) is 9.01. The van der Waals surface area contributed by atoms with Crippen LogP contribution in [0.3, 0.4) is 0 Å². The minimum atomic E-state index is -0.482. The molecule has 2 saturated carbocycles. The first-order valence-electron chi connectivity index (χ1n) is 15.0. The van der Waals surface area contributed by atoms with Crippen molar-refractivity contribution in [3.05, 3.63) is 60.6 Å². The number of thiazole rings is 1. The van der Waals surface area contributed by atoms with Crippen molar-refractivity contribution >= 4 is 34.1 Å². The molecule has 1 aromatic carbocycles. The SMILES string of the molecule is C=CCCCCN(C)C(=O)[C@@H]1C[C@H](Oc2cc(-c3nccs3)nc3c(C)c(OC)ccc23)C[C@H]1C(=O)N[C@]1(C)C[C@H]1C=C. The van der Waals surface area contributed by atoms with Gasteiger partial charge in [0, 0.05) is 53.6 Å². The van der Waals surface area contributed by atoms with Gasteiger partial charge in [0.2, 0.25) is 11.8 Å². The number of carbonyl (C=O) groups is 2. The van der Waals surface area contributed by atoms with E-state index in [1.165, 1.54) is 11.3 Å². The Morgan fingerprint density at radius 1 is 1.21 bits per heavy atom. The highest BCUT2D eigenvalue weighted by Gasteiger charge is 2.52. The van der Waals surface area contributed by atoms with Crippen molar-refractivity contribution < 1.29 is 19.1 Å². The van der Waals surface area contributed by atoms with E-state index >= 15 is 0 Å². The number of benzene rings is 1. The van der Waals surface area contributed by atoms with Gasteiger partial charge >= 0.3 is 0 Å². The summed E-state index contributed by atoms with van der Waals surface area (Å²) in [7, 11) is 3.48. The lowest BCUT2D eigenvalue weighted by atomic mass is 9.93. The van der Waals surface area contributed by atoms with Gasteiger partial charge in [-0.05, 0) is 64.5 Å². The second-order valence-corrected chi connectivity index (χ2v) is 12.9. The number of hydrogen-bond acceptors (Lipinski definition) is 7. The predicted octanol–water partition coefficient (Wildman–Crippen LogP) is 6.34. The summed E-state index contributed by atoms with van der Waals surface area (Å²) < 4.78 is 12.3. The lowest BCUT2D eigenvalue weighted by Crippen LogP contribution is -2.44. The topological polar surface area (TPSA) is 93.7 Å². The van der Waals surface area contributed by atoms with Gasteiger partial charge in [-0.2, -0.15) is 0 Å². The van der Waals surface area contributed by atoms with Crippen molar-refractivity contribution in [1.82, 2.24) is 20.2 Å². The Bertz CT molecular complexity index is 1510. The van der Waals surface area contributed by atoms with Gasteiger partial charge in [0.1, 0.15) is 28.3 Å². The molecule has 2 amide bonds. The minimum Gasteiger partial charge on any atom is -0.496 e. The number of amides is 2. The first kappa shape index (κ1) is 30.7. The van der Waals surface area contributed by atoms with Crippen LogP contribution in [0.25, 0.3) is 21.6 Å². The fourth-order valence-corrected chi connectivity index (χ4v) is 6.87. The molecule has 228 valence electrons. The lowest BCUT2D eigenvalue weighted by molar-refractivity contribution is -0.140. The zero-order valence-electron chi connectivity index (χ0n) is 25.6. The van der Waals surface area contributed by atoms with Crippen LogP contribution in [0.15, 0.2) is 55.1 Å². The molecular weight excluding hydrogens is 560 g/mol. The number of ether oxygens (including phenoxy) is 2. The quantitative estimate of drug-likeness (QED) is 0.181. The number of hydrogen-bond donors (Lipinski definition) is 1. The Morgan fingerprint density at radius 3 is 2.67 bits per heavy atom. The highest BCUT2D eigenvalue weighted by molar-refractivity contribution is 7.13. The highest BCUT2D eigenvalue weighted by atomic mass is 32.1. The number of unbranched alkanes of at least 4 members (excludes halogenated alkanes) is 2. The highest BCUT2D eigenvalue weighted by Crippen LogP contribution is 2.45. The third kappa shape index (κ3) is 6.47. The number of aryl methyl sites for hydroxylation is 1. The van der Waals surface area contributed by atoms with E-state index in [0.717, 1.165) is 52.9 Å². The average molecular weight is 603 g/mol. The molecule has 9 heteroatoms. The Kier molecular flexibility index (Phi) is 9.20. The van der Waals surface area contributed by atoms with Gasteiger partial charge in [-0.15, -0.1) is 24.5 Å². The molecule has 8 nitrogen and oxygen atoms in total. The summed E-state index contributed by atoms with van der Waals surface area (Å²) in [5.74, 6) is 0.621. The van der Waals surface area contributed by atoms with Crippen molar-refractivity contribution in [2.24, 2.45) is 17.8 Å². The van der Waals surface area contributed by atoms with Crippen LogP contribution in [-0.4, -0.2) is 59.0 Å². The number of methoxy groups -OCH3 is 1. The largest absolute Gasteiger partial charge is 0.496 e. The number of nitrogens with zero attached hydrogens (tertiary/aromatic N) is 3. The zero-order valence-corrected chi connectivity index (χ0v) is 26.4. The summed E-state index contributed by atoms with van der Waals surface area (Å²) in [4.78, 5) is 38.7. The Balaban J connectivity index is 1.43. The maximum Gasteiger partial charge on any atom is 0.226 e. The van der Waals surface area contributed by atoms with E-state index in [1.54, 1.807) is 18.2 Å². The Morgan fingerprint density at radius 2 is 2.00 bits per heavy atom. The zero-order chi connectivity index (χ0) is 30.7. The van der Waals surface area contributed by atoms with Crippen molar-refractivity contribution in [2.45, 2.75) is 64.0 Å². The molecule has 0 spiro atoms. The normalized spacial score (nSPS) is 24.4. The van der Waals surface area contributed by atoms with Gasteiger partial charge in [0.05, 0.1) is 24.5 Å². The number of allylic oxidation sites excluding steroid dienone is 1. The molecule has 2 fully saturated rings. The van der Waals surface area contributed by atoms with Crippen LogP contribution >= 0.6 is 11.3 Å². The molecule has 5 rings (SSSR count). The van der Waals surface area contributed by atoms with E-state index in [4.69, 9.17) is 14.5 Å². The van der Waals surface area contributed by atoms with Crippen molar-refractivity contribution in [3.63, 3.8) is 0 Å². The molecule has 0 bridgehead atoms. The van der Waals surface area contributed by atoms with Crippen LogP contribution in [-0.2, 0) is 9.59 Å². The van der Waals surface area contributed by atoms with Crippen LogP contribution in [0.2, 0.25) is 0 Å². The number of aromatic nitrogens is 2. The molecule has 3 aromatic rings. The van der Waals surface area contributed by atoms with E-state index in [1.807, 2.05) is 56.6 Å². The molecule has 2 heterocycles. The van der Waals surface area contributed by atoms with E-state index in [9.17, 15) is 9.59 Å². The smallest absolute Gasteiger partial charge is 0.226 e. The predicted molar refractivity (Wildman–Crippen MR) is 171 cm³/mol. The number of carbonyl (C=O) groups excluding carboxylic acids is 2. The Labute approximate surface area is 258 Å². The summed E-state index contributed by atoms with van der Waals surface area (Å²) in [6.07, 6.45) is 9.79. The maximum atomic E-state index is 13.8. The van der Waals surface area contributed by atoms with Gasteiger partial charge in [-0.3, -0.25) is 9.59 Å². The molecule has 43 heavy (non-hydrogen) atoms. The van der Waals surface area contributed by atoms with Gasteiger partial charge in [-0.25, -0.2) is 9.97 Å². The second-order valence-electron chi connectivity index (χ2n) is 12.1. The molecule has 2 aliphatic carbocycles. The first-order valence-corrected chi connectivity index (χ1v) is 15.9. The Hall–Kier alpha value is -3.72. The summed E-state index contributed by atoms with van der Waals surface area (Å²) in [5.41, 5.74) is 2.10. The molecule has 0 aliphatic heterocycles. The summed E-state index contributed by atoms with van der Waals surface area (Å²) in [6, 6.07) is 5.79.